The molecule has 1 aliphatic heterocycles. The molecule has 1 aromatic carbocycles. The second-order valence-electron chi connectivity index (χ2n) is 5.14. The fourth-order valence-electron chi connectivity index (χ4n) is 2.26. The topological polar surface area (TPSA) is 75.9 Å². The van der Waals surface area contributed by atoms with Crippen LogP contribution in [0.4, 0.5) is 0 Å². The quantitative estimate of drug-likeness (QED) is 0.865. The van der Waals surface area contributed by atoms with Gasteiger partial charge in [0.05, 0.1) is 0 Å². The Kier molecular flexibility index (Phi) is 3.92. The number of benzene rings is 1. The monoisotopic (exact) mass is 286 g/mol. The van der Waals surface area contributed by atoms with E-state index >= 15 is 0 Å². The number of aryl methyl sites for hydroxylation is 1. The van der Waals surface area contributed by atoms with E-state index in [1.165, 1.54) is 10.4 Å². The fourth-order valence-corrected chi connectivity index (χ4v) is 2.26. The number of nitrogens with zero attached hydrogens (tertiary/aromatic N) is 5. The van der Waals surface area contributed by atoms with Gasteiger partial charge in [-0.3, -0.25) is 4.79 Å². The molecule has 1 aliphatic rings. The van der Waals surface area contributed by atoms with Crippen LogP contribution >= 0.6 is 0 Å². The van der Waals surface area contributed by atoms with Crippen LogP contribution in [0.15, 0.2) is 24.3 Å². The van der Waals surface area contributed by atoms with Gasteiger partial charge in [-0.05, 0) is 12.1 Å². The Morgan fingerprint density at radius 3 is 2.67 bits per heavy atom. The Morgan fingerprint density at radius 1 is 1.24 bits per heavy atom. The predicted molar refractivity (Wildman–Crippen MR) is 77.4 cm³/mol. The van der Waals surface area contributed by atoms with Crippen molar-refractivity contribution in [3.8, 4) is 11.4 Å². The molecular weight excluding hydrogens is 268 g/mol. The first-order valence-corrected chi connectivity index (χ1v) is 7.06. The summed E-state index contributed by atoms with van der Waals surface area (Å²) in [5.74, 6) is 0.576. The van der Waals surface area contributed by atoms with Crippen molar-refractivity contribution in [1.29, 1.82) is 0 Å². The molecule has 1 N–H and O–H groups in total. The molecule has 0 radical (unpaired) electrons. The molecule has 3 rings (SSSR count). The highest BCUT2D eigenvalue weighted by Gasteiger charge is 2.17. The Hall–Kier alpha value is -2.28. The fraction of sp³-hybridized carbons (Fsp3) is 0.429. The van der Waals surface area contributed by atoms with Crippen LogP contribution in [0, 0.1) is 6.92 Å². The minimum Gasteiger partial charge on any atom is -0.338 e. The molecule has 1 saturated heterocycles. The van der Waals surface area contributed by atoms with Crippen LogP contribution in [-0.4, -0.2) is 57.2 Å². The normalized spacial score (nSPS) is 15.2. The first kappa shape index (κ1) is 13.7. The molecular formula is C14H18N6O. The molecule has 21 heavy (non-hydrogen) atoms. The molecule has 110 valence electrons. The number of aromatic nitrogens is 4. The Bertz CT molecular complexity index is 615. The van der Waals surface area contributed by atoms with Gasteiger partial charge in [-0.1, -0.05) is 29.8 Å². The third kappa shape index (κ3) is 3.25. The number of hydrogen-bond acceptors (Lipinski definition) is 5. The third-order valence-corrected chi connectivity index (χ3v) is 3.51. The molecule has 1 amide bonds. The van der Waals surface area contributed by atoms with Crippen molar-refractivity contribution < 1.29 is 4.79 Å². The van der Waals surface area contributed by atoms with Gasteiger partial charge in [-0.15, -0.1) is 10.2 Å². The maximum absolute atomic E-state index is 12.1. The molecule has 0 saturated carbocycles. The number of tetrazole rings is 1. The highest BCUT2D eigenvalue weighted by atomic mass is 16.2. The average molecular weight is 286 g/mol. The molecule has 7 heteroatoms. The van der Waals surface area contributed by atoms with Crippen molar-refractivity contribution in [3.63, 3.8) is 0 Å². The zero-order chi connectivity index (χ0) is 14.7. The summed E-state index contributed by atoms with van der Waals surface area (Å²) < 4.78 is 0. The molecule has 0 spiro atoms. The second-order valence-corrected chi connectivity index (χ2v) is 5.14. The van der Waals surface area contributed by atoms with E-state index in [2.05, 4.69) is 20.7 Å². The van der Waals surface area contributed by atoms with Crippen LogP contribution < -0.4 is 5.32 Å². The predicted octanol–water partition coefficient (Wildman–Crippen LogP) is 0.0803. The van der Waals surface area contributed by atoms with Gasteiger partial charge in [0.2, 0.25) is 11.7 Å². The van der Waals surface area contributed by atoms with E-state index in [0.717, 1.165) is 31.7 Å². The zero-order valence-electron chi connectivity index (χ0n) is 12.0. The molecule has 1 aromatic heterocycles. The Morgan fingerprint density at radius 2 is 1.95 bits per heavy atom. The summed E-state index contributed by atoms with van der Waals surface area (Å²) in [6.45, 7) is 5.31. The van der Waals surface area contributed by atoms with Crippen LogP contribution in [-0.2, 0) is 11.3 Å². The summed E-state index contributed by atoms with van der Waals surface area (Å²) in [6, 6.07) is 7.91. The number of amides is 1. The smallest absolute Gasteiger partial charge is 0.246 e. The Balaban J connectivity index is 1.67. The number of hydrogen-bond donors (Lipinski definition) is 1. The van der Waals surface area contributed by atoms with Crippen molar-refractivity contribution in [2.24, 2.45) is 0 Å². The first-order chi connectivity index (χ1) is 10.2. The molecule has 0 aliphatic carbocycles. The van der Waals surface area contributed by atoms with Gasteiger partial charge in [-0.25, -0.2) is 0 Å². The van der Waals surface area contributed by atoms with Gasteiger partial charge in [-0.2, -0.15) is 4.80 Å². The van der Waals surface area contributed by atoms with Gasteiger partial charge < -0.3 is 10.2 Å². The first-order valence-electron chi connectivity index (χ1n) is 7.06. The standard InChI is InChI=1S/C14H18N6O/c1-11-2-4-12(5-3-11)14-16-18-20(17-14)10-13(21)19-8-6-15-7-9-19/h2-5,15H,6-10H2,1H3. The van der Waals surface area contributed by atoms with E-state index in [1.54, 1.807) is 0 Å². The SMILES string of the molecule is Cc1ccc(-c2nnn(CC(=O)N3CCNCC3)n2)cc1. The van der Waals surface area contributed by atoms with E-state index in [9.17, 15) is 4.79 Å². The van der Waals surface area contributed by atoms with Gasteiger partial charge in [0, 0.05) is 31.7 Å². The van der Waals surface area contributed by atoms with Crippen molar-refractivity contribution in [2.45, 2.75) is 13.5 Å². The van der Waals surface area contributed by atoms with E-state index in [1.807, 2.05) is 36.1 Å². The number of nitrogens with one attached hydrogen (secondary N) is 1. The second kappa shape index (κ2) is 6.01. The zero-order valence-corrected chi connectivity index (χ0v) is 12.0. The molecule has 0 atom stereocenters. The highest BCUT2D eigenvalue weighted by Crippen LogP contribution is 2.13. The molecule has 2 aromatic rings. The van der Waals surface area contributed by atoms with Crippen LogP contribution in [0.25, 0.3) is 11.4 Å². The number of carbonyl (C=O) groups excluding carboxylic acids is 1. The maximum atomic E-state index is 12.1. The third-order valence-electron chi connectivity index (χ3n) is 3.51. The summed E-state index contributed by atoms with van der Waals surface area (Å²) >= 11 is 0. The van der Waals surface area contributed by atoms with Crippen molar-refractivity contribution >= 4 is 5.91 Å². The summed E-state index contributed by atoms with van der Waals surface area (Å²) in [5, 5.41) is 15.5. The van der Waals surface area contributed by atoms with Crippen molar-refractivity contribution in [2.75, 3.05) is 26.2 Å². The molecule has 1 fully saturated rings. The lowest BCUT2D eigenvalue weighted by Crippen LogP contribution is -2.47. The number of piperazine rings is 1. The molecule has 0 bridgehead atoms. The van der Waals surface area contributed by atoms with Crippen LogP contribution in [0.2, 0.25) is 0 Å². The summed E-state index contributed by atoms with van der Waals surface area (Å²) in [5.41, 5.74) is 2.08. The summed E-state index contributed by atoms with van der Waals surface area (Å²) in [7, 11) is 0. The molecule has 2 heterocycles. The maximum Gasteiger partial charge on any atom is 0.246 e. The van der Waals surface area contributed by atoms with E-state index in [-0.39, 0.29) is 12.5 Å². The molecule has 0 unspecified atom stereocenters. The number of carbonyl (C=O) groups is 1. The average Bonchev–Trinajstić information content (AvgIpc) is 2.97. The van der Waals surface area contributed by atoms with E-state index in [4.69, 9.17) is 0 Å². The van der Waals surface area contributed by atoms with Gasteiger partial charge in [0.1, 0.15) is 6.54 Å². The Labute approximate surface area is 122 Å². The van der Waals surface area contributed by atoms with E-state index < -0.39 is 0 Å². The minimum atomic E-state index is 0.0318. The van der Waals surface area contributed by atoms with Gasteiger partial charge >= 0.3 is 0 Å². The summed E-state index contributed by atoms with van der Waals surface area (Å²) in [6.07, 6.45) is 0. The van der Waals surface area contributed by atoms with Crippen LogP contribution in [0.1, 0.15) is 5.56 Å². The van der Waals surface area contributed by atoms with Crippen LogP contribution in [0.3, 0.4) is 0 Å². The molecule has 7 nitrogen and oxygen atoms in total. The minimum absolute atomic E-state index is 0.0318. The largest absolute Gasteiger partial charge is 0.338 e. The number of rotatable bonds is 3. The summed E-state index contributed by atoms with van der Waals surface area (Å²) in [4.78, 5) is 15.3. The highest BCUT2D eigenvalue weighted by molar-refractivity contribution is 5.75. The van der Waals surface area contributed by atoms with Crippen molar-refractivity contribution in [1.82, 2.24) is 30.4 Å². The van der Waals surface area contributed by atoms with Crippen LogP contribution in [0.5, 0.6) is 0 Å². The van der Waals surface area contributed by atoms with E-state index in [0.29, 0.717) is 5.82 Å². The lowest BCUT2D eigenvalue weighted by molar-refractivity contribution is -0.132. The lowest BCUT2D eigenvalue weighted by Gasteiger charge is -2.27. The van der Waals surface area contributed by atoms with Gasteiger partial charge in [0.25, 0.3) is 0 Å². The van der Waals surface area contributed by atoms with Gasteiger partial charge in [0.15, 0.2) is 0 Å². The lowest BCUT2D eigenvalue weighted by atomic mass is 10.1. The van der Waals surface area contributed by atoms with Crippen molar-refractivity contribution in [3.05, 3.63) is 29.8 Å².